The van der Waals surface area contributed by atoms with Gasteiger partial charge in [0.2, 0.25) is 0 Å². The van der Waals surface area contributed by atoms with Crippen LogP contribution in [0.25, 0.3) is 0 Å². The number of aryl methyl sites for hydroxylation is 1. The van der Waals surface area contributed by atoms with Gasteiger partial charge < -0.3 is 10.3 Å². The van der Waals surface area contributed by atoms with Gasteiger partial charge in [-0.05, 0) is 39.2 Å². The van der Waals surface area contributed by atoms with Gasteiger partial charge >= 0.3 is 0 Å². The monoisotopic (exact) mass is 250 g/mol. The fourth-order valence-electron chi connectivity index (χ4n) is 1.95. The van der Waals surface area contributed by atoms with Gasteiger partial charge in [0.1, 0.15) is 5.69 Å². The van der Waals surface area contributed by atoms with Crippen molar-refractivity contribution in [2.45, 2.75) is 47.6 Å². The first kappa shape index (κ1) is 14.5. The van der Waals surface area contributed by atoms with E-state index in [1.54, 1.807) is 6.92 Å². The molecule has 0 saturated carbocycles. The normalized spacial score (nSPS) is 12.6. The van der Waals surface area contributed by atoms with E-state index in [0.29, 0.717) is 17.2 Å². The summed E-state index contributed by atoms with van der Waals surface area (Å²) >= 11 is 0. The lowest BCUT2D eigenvalue weighted by molar-refractivity contribution is 0.0925. The number of amides is 1. The van der Waals surface area contributed by atoms with E-state index >= 15 is 0 Å². The number of Topliss-reactive ketones (excluding diaryl/α,β-unsaturated/α-hetero) is 1. The van der Waals surface area contributed by atoms with Crippen molar-refractivity contribution < 1.29 is 9.59 Å². The third-order valence-electron chi connectivity index (χ3n) is 3.38. The van der Waals surface area contributed by atoms with Crippen molar-refractivity contribution in [1.29, 1.82) is 0 Å². The third kappa shape index (κ3) is 2.81. The topological polar surface area (TPSA) is 62.0 Å². The zero-order valence-electron chi connectivity index (χ0n) is 12.0. The number of H-pyrrole nitrogens is 1. The number of hydrogen-bond acceptors (Lipinski definition) is 2. The zero-order valence-corrected chi connectivity index (χ0v) is 12.0. The molecule has 1 atom stereocenters. The lowest BCUT2D eigenvalue weighted by atomic mass is 10.0. The van der Waals surface area contributed by atoms with Gasteiger partial charge in [0.25, 0.3) is 5.91 Å². The average Bonchev–Trinajstić information content (AvgIpc) is 2.53. The van der Waals surface area contributed by atoms with Crippen LogP contribution in [0.15, 0.2) is 0 Å². The molecule has 18 heavy (non-hydrogen) atoms. The highest BCUT2D eigenvalue weighted by Crippen LogP contribution is 2.18. The molecule has 0 aliphatic carbocycles. The summed E-state index contributed by atoms with van der Waals surface area (Å²) in [7, 11) is 0. The minimum Gasteiger partial charge on any atom is -0.354 e. The molecule has 1 amide bonds. The van der Waals surface area contributed by atoms with Crippen molar-refractivity contribution in [3.63, 3.8) is 0 Å². The minimum absolute atomic E-state index is 0.0165. The van der Waals surface area contributed by atoms with Gasteiger partial charge in [-0.3, -0.25) is 9.59 Å². The SMILES string of the molecule is CC(=O)c1c(C)[nH]c(C(=O)N[C@H](C)C(C)C)c1C. The second-order valence-electron chi connectivity index (χ2n) is 5.19. The van der Waals surface area contributed by atoms with E-state index in [-0.39, 0.29) is 17.7 Å². The third-order valence-corrected chi connectivity index (χ3v) is 3.38. The molecule has 100 valence electrons. The second-order valence-corrected chi connectivity index (χ2v) is 5.19. The van der Waals surface area contributed by atoms with E-state index in [1.165, 1.54) is 6.92 Å². The van der Waals surface area contributed by atoms with Crippen LogP contribution in [-0.4, -0.2) is 22.7 Å². The van der Waals surface area contributed by atoms with Gasteiger partial charge in [0.15, 0.2) is 5.78 Å². The Bertz CT molecular complexity index is 472. The average molecular weight is 250 g/mol. The van der Waals surface area contributed by atoms with Crippen LogP contribution in [0.2, 0.25) is 0 Å². The Kier molecular flexibility index (Phi) is 4.33. The Hall–Kier alpha value is -1.58. The van der Waals surface area contributed by atoms with Gasteiger partial charge in [-0.25, -0.2) is 0 Å². The number of carbonyl (C=O) groups excluding carboxylic acids is 2. The summed E-state index contributed by atoms with van der Waals surface area (Å²) in [5.74, 6) is 0.208. The quantitative estimate of drug-likeness (QED) is 0.807. The number of ketones is 1. The highest BCUT2D eigenvalue weighted by molar-refractivity contribution is 6.02. The summed E-state index contributed by atoms with van der Waals surface area (Å²) in [6.07, 6.45) is 0. The largest absolute Gasteiger partial charge is 0.354 e. The van der Waals surface area contributed by atoms with Crippen LogP contribution in [0.1, 0.15) is 59.8 Å². The van der Waals surface area contributed by atoms with Crippen LogP contribution >= 0.6 is 0 Å². The van der Waals surface area contributed by atoms with E-state index in [1.807, 2.05) is 13.8 Å². The molecule has 0 unspecified atom stereocenters. The second kappa shape index (κ2) is 5.38. The summed E-state index contributed by atoms with van der Waals surface area (Å²) in [5, 5.41) is 2.93. The molecule has 4 heteroatoms. The van der Waals surface area contributed by atoms with Crippen molar-refractivity contribution >= 4 is 11.7 Å². The molecular formula is C14H22N2O2. The summed E-state index contributed by atoms with van der Waals surface area (Å²) in [6, 6.07) is 0.0984. The number of rotatable bonds is 4. The van der Waals surface area contributed by atoms with Crippen molar-refractivity contribution in [2.75, 3.05) is 0 Å². The predicted molar refractivity (Wildman–Crippen MR) is 72.0 cm³/mol. The molecule has 0 bridgehead atoms. The van der Waals surface area contributed by atoms with Gasteiger partial charge in [-0.15, -0.1) is 0 Å². The van der Waals surface area contributed by atoms with E-state index < -0.39 is 0 Å². The van der Waals surface area contributed by atoms with Crippen LogP contribution in [0.3, 0.4) is 0 Å². The molecule has 0 aromatic carbocycles. The summed E-state index contributed by atoms with van der Waals surface area (Å²) in [5.41, 5.74) is 2.60. The molecule has 0 radical (unpaired) electrons. The van der Waals surface area contributed by atoms with Crippen LogP contribution in [-0.2, 0) is 0 Å². The van der Waals surface area contributed by atoms with Crippen LogP contribution in [0.4, 0.5) is 0 Å². The molecule has 0 aliphatic rings. The molecule has 1 rings (SSSR count). The molecule has 0 spiro atoms. The number of nitrogens with one attached hydrogen (secondary N) is 2. The first-order valence-corrected chi connectivity index (χ1v) is 6.26. The Morgan fingerprint density at radius 1 is 1.17 bits per heavy atom. The Labute approximate surface area is 108 Å². The number of hydrogen-bond donors (Lipinski definition) is 2. The van der Waals surface area contributed by atoms with Crippen LogP contribution in [0.5, 0.6) is 0 Å². The lowest BCUT2D eigenvalue weighted by Crippen LogP contribution is -2.36. The molecular weight excluding hydrogens is 228 g/mol. The first-order chi connectivity index (χ1) is 8.25. The highest BCUT2D eigenvalue weighted by atomic mass is 16.2. The maximum atomic E-state index is 12.1. The summed E-state index contributed by atoms with van der Waals surface area (Å²) < 4.78 is 0. The molecule has 0 saturated heterocycles. The number of aromatic amines is 1. The van der Waals surface area contributed by atoms with Gasteiger partial charge in [-0.1, -0.05) is 13.8 Å². The zero-order chi connectivity index (χ0) is 14.0. The maximum absolute atomic E-state index is 12.1. The fourth-order valence-corrected chi connectivity index (χ4v) is 1.95. The molecule has 0 aliphatic heterocycles. The molecule has 1 aromatic rings. The van der Waals surface area contributed by atoms with E-state index in [0.717, 1.165) is 11.3 Å². The van der Waals surface area contributed by atoms with Gasteiger partial charge in [-0.2, -0.15) is 0 Å². The Morgan fingerprint density at radius 2 is 1.72 bits per heavy atom. The standard InChI is InChI=1S/C14H22N2O2/c1-7(2)9(4)16-14(18)13-8(3)12(11(6)17)10(5)15-13/h7,9,15H,1-6H3,(H,16,18)/t9-/m1/s1. The highest BCUT2D eigenvalue weighted by Gasteiger charge is 2.21. The predicted octanol–water partition coefficient (Wildman–Crippen LogP) is 2.61. The first-order valence-electron chi connectivity index (χ1n) is 6.26. The van der Waals surface area contributed by atoms with E-state index in [4.69, 9.17) is 0 Å². The van der Waals surface area contributed by atoms with Crippen molar-refractivity contribution in [3.8, 4) is 0 Å². The molecule has 4 nitrogen and oxygen atoms in total. The Balaban J connectivity index is 3.01. The van der Waals surface area contributed by atoms with Crippen molar-refractivity contribution in [3.05, 3.63) is 22.5 Å². The maximum Gasteiger partial charge on any atom is 0.268 e. The molecule has 2 N–H and O–H groups in total. The van der Waals surface area contributed by atoms with Crippen molar-refractivity contribution in [2.24, 2.45) is 5.92 Å². The molecule has 1 heterocycles. The van der Waals surface area contributed by atoms with Crippen LogP contribution < -0.4 is 5.32 Å². The molecule has 0 fully saturated rings. The minimum atomic E-state index is -0.149. The Morgan fingerprint density at radius 3 is 2.11 bits per heavy atom. The summed E-state index contributed by atoms with van der Waals surface area (Å²) in [4.78, 5) is 26.6. The number of carbonyl (C=O) groups is 2. The molecule has 1 aromatic heterocycles. The summed E-state index contributed by atoms with van der Waals surface area (Å²) in [6.45, 7) is 11.2. The smallest absolute Gasteiger partial charge is 0.268 e. The van der Waals surface area contributed by atoms with Gasteiger partial charge in [0.05, 0.1) is 0 Å². The number of aromatic nitrogens is 1. The van der Waals surface area contributed by atoms with E-state index in [2.05, 4.69) is 24.1 Å². The van der Waals surface area contributed by atoms with Gasteiger partial charge in [0, 0.05) is 17.3 Å². The lowest BCUT2D eigenvalue weighted by Gasteiger charge is -2.17. The van der Waals surface area contributed by atoms with Crippen molar-refractivity contribution in [1.82, 2.24) is 10.3 Å². The van der Waals surface area contributed by atoms with E-state index in [9.17, 15) is 9.59 Å². The fraction of sp³-hybridized carbons (Fsp3) is 0.571. The van der Waals surface area contributed by atoms with Crippen LogP contribution in [0, 0.1) is 19.8 Å².